The molecule has 0 unspecified atom stereocenters. The van der Waals surface area contributed by atoms with Crippen LogP contribution < -0.4 is 10.6 Å². The third-order valence-electron chi connectivity index (χ3n) is 3.55. The molecule has 0 saturated heterocycles. The van der Waals surface area contributed by atoms with E-state index in [4.69, 9.17) is 19.4 Å². The summed E-state index contributed by atoms with van der Waals surface area (Å²) in [5.74, 6) is -0.395. The molecular formula is C22H28MnN2O6. The molecule has 31 heavy (non-hydrogen) atoms. The molecule has 2 aliphatic carbocycles. The number of aliphatic carboxylic acids is 1. The Morgan fingerprint density at radius 1 is 0.903 bits per heavy atom. The molecule has 169 valence electrons. The maximum Gasteiger partial charge on any atom is 0.300 e. The normalized spacial score (nSPS) is 17.1. The Labute approximate surface area is 192 Å². The van der Waals surface area contributed by atoms with E-state index in [1.165, 1.54) is 0 Å². The first-order valence-corrected chi connectivity index (χ1v) is 9.59. The number of carbonyl (C=O) groups excluding carboxylic acids is 2. The Bertz CT molecular complexity index is 756. The van der Waals surface area contributed by atoms with Gasteiger partial charge >= 0.3 is 0 Å². The first kappa shape index (κ1) is 28.0. The molecule has 1 radical (unpaired) electrons. The molecule has 0 aromatic carbocycles. The first-order valence-electron chi connectivity index (χ1n) is 9.59. The van der Waals surface area contributed by atoms with Crippen LogP contribution in [0.5, 0.6) is 0 Å². The minimum absolute atomic E-state index is 0. The third kappa shape index (κ3) is 10.5. The van der Waals surface area contributed by atoms with Crippen molar-refractivity contribution in [2.75, 3.05) is 26.3 Å². The van der Waals surface area contributed by atoms with Crippen LogP contribution in [-0.4, -0.2) is 48.9 Å². The van der Waals surface area contributed by atoms with Crippen LogP contribution >= 0.6 is 0 Å². The van der Waals surface area contributed by atoms with E-state index in [9.17, 15) is 9.59 Å². The number of hydrogen-bond donors (Lipinski definition) is 3. The zero-order chi connectivity index (χ0) is 22.4. The van der Waals surface area contributed by atoms with Gasteiger partial charge in [-0.15, -0.1) is 0 Å². The summed E-state index contributed by atoms with van der Waals surface area (Å²) in [7, 11) is 0. The number of carbonyl (C=O) groups is 3. The van der Waals surface area contributed by atoms with Crippen molar-refractivity contribution in [3.63, 3.8) is 0 Å². The van der Waals surface area contributed by atoms with E-state index < -0.39 is 5.97 Å². The minimum Gasteiger partial charge on any atom is -0.490 e. The summed E-state index contributed by atoms with van der Waals surface area (Å²) in [6.45, 7) is 6.86. The van der Waals surface area contributed by atoms with Crippen LogP contribution in [0, 0.1) is 0 Å². The van der Waals surface area contributed by atoms with Gasteiger partial charge in [0, 0.05) is 60.6 Å². The Morgan fingerprint density at radius 3 is 1.58 bits per heavy atom. The van der Waals surface area contributed by atoms with Crippen LogP contribution in [0.4, 0.5) is 0 Å². The number of allylic oxidation sites excluding steroid dienone is 8. The number of carboxylic acids is 1. The molecule has 0 fully saturated rings. The van der Waals surface area contributed by atoms with Crippen molar-refractivity contribution >= 4 is 17.5 Å². The van der Waals surface area contributed by atoms with Crippen molar-refractivity contribution in [3.8, 4) is 0 Å². The molecule has 0 spiro atoms. The molecule has 3 N–H and O–H groups in total. The Morgan fingerprint density at radius 2 is 1.26 bits per heavy atom. The SMILES string of the molecule is CC(=O)O.CCOC1=CC=C/C(=C/NCCN/C=C2/C=CC=C(OCC)C2=O)C1=O.[Mn]. The minimum atomic E-state index is -0.833. The molecule has 8 nitrogen and oxygen atoms in total. The topological polar surface area (TPSA) is 114 Å². The maximum atomic E-state index is 12.1. The quantitative estimate of drug-likeness (QED) is 0.266. The number of rotatable bonds is 9. The summed E-state index contributed by atoms with van der Waals surface area (Å²) in [5.41, 5.74) is 1.09. The van der Waals surface area contributed by atoms with E-state index in [0.717, 1.165) is 6.92 Å². The largest absolute Gasteiger partial charge is 0.490 e. The van der Waals surface area contributed by atoms with Gasteiger partial charge in [-0.1, -0.05) is 12.2 Å². The van der Waals surface area contributed by atoms with Gasteiger partial charge in [-0.2, -0.15) is 0 Å². The molecular weight excluding hydrogens is 443 g/mol. The maximum absolute atomic E-state index is 12.1. The van der Waals surface area contributed by atoms with Crippen molar-refractivity contribution in [1.82, 2.24) is 10.6 Å². The predicted octanol–water partition coefficient (Wildman–Crippen LogP) is 2.14. The fourth-order valence-corrected chi connectivity index (χ4v) is 2.34. The Kier molecular flexibility index (Phi) is 14.2. The Hall–Kier alpha value is -3.03. The summed E-state index contributed by atoms with van der Waals surface area (Å²) < 4.78 is 10.6. The molecule has 2 aliphatic rings. The molecule has 2 rings (SSSR count). The number of ether oxygens (including phenoxy) is 2. The smallest absolute Gasteiger partial charge is 0.300 e. The third-order valence-corrected chi connectivity index (χ3v) is 3.55. The van der Waals surface area contributed by atoms with Crippen molar-refractivity contribution in [2.45, 2.75) is 20.8 Å². The molecule has 0 heterocycles. The van der Waals surface area contributed by atoms with E-state index in [-0.39, 0.29) is 28.6 Å². The van der Waals surface area contributed by atoms with Crippen LogP contribution in [0.2, 0.25) is 0 Å². The predicted molar refractivity (Wildman–Crippen MR) is 113 cm³/mol. The number of Topliss-reactive ketones (excluding diaryl/α,β-unsaturated/α-hetero) is 2. The van der Waals surface area contributed by atoms with Crippen LogP contribution in [0.1, 0.15) is 20.8 Å². The molecule has 9 heteroatoms. The fourth-order valence-electron chi connectivity index (χ4n) is 2.34. The summed E-state index contributed by atoms with van der Waals surface area (Å²) >= 11 is 0. The summed E-state index contributed by atoms with van der Waals surface area (Å²) in [5, 5.41) is 13.6. The fraction of sp³-hybridized carbons (Fsp3) is 0.318. The molecule has 0 aromatic heterocycles. The van der Waals surface area contributed by atoms with Gasteiger partial charge in [0.05, 0.1) is 13.2 Å². The second-order valence-corrected chi connectivity index (χ2v) is 5.93. The summed E-state index contributed by atoms with van der Waals surface area (Å²) in [4.78, 5) is 33.2. The van der Waals surface area contributed by atoms with Gasteiger partial charge < -0.3 is 25.2 Å². The van der Waals surface area contributed by atoms with Crippen molar-refractivity contribution in [2.24, 2.45) is 0 Å². The Balaban J connectivity index is 0.00000165. The first-order chi connectivity index (χ1) is 14.4. The molecule has 0 bridgehead atoms. The van der Waals surface area contributed by atoms with E-state index in [2.05, 4.69) is 10.6 Å². The number of nitrogens with one attached hydrogen (secondary N) is 2. The van der Waals surface area contributed by atoms with Gasteiger partial charge in [0.1, 0.15) is 0 Å². The molecule has 0 aliphatic heterocycles. The van der Waals surface area contributed by atoms with Gasteiger partial charge in [-0.3, -0.25) is 14.4 Å². The van der Waals surface area contributed by atoms with Crippen molar-refractivity contribution in [1.29, 1.82) is 0 Å². The molecule has 0 amide bonds. The molecule has 0 aromatic rings. The second kappa shape index (κ2) is 15.8. The second-order valence-electron chi connectivity index (χ2n) is 5.93. The monoisotopic (exact) mass is 471 g/mol. The van der Waals surface area contributed by atoms with Gasteiger partial charge in [0.15, 0.2) is 11.5 Å². The van der Waals surface area contributed by atoms with E-state index in [0.29, 0.717) is 49.0 Å². The van der Waals surface area contributed by atoms with E-state index >= 15 is 0 Å². The summed E-state index contributed by atoms with van der Waals surface area (Å²) in [6.07, 6.45) is 13.7. The van der Waals surface area contributed by atoms with Crippen LogP contribution in [0.3, 0.4) is 0 Å². The zero-order valence-corrected chi connectivity index (χ0v) is 19.0. The van der Waals surface area contributed by atoms with Crippen molar-refractivity contribution in [3.05, 3.63) is 71.5 Å². The van der Waals surface area contributed by atoms with Gasteiger partial charge in [-0.05, 0) is 38.2 Å². The number of carboxylic acid groups (broad SMARTS) is 1. The number of ketones is 2. The molecule has 0 atom stereocenters. The van der Waals surface area contributed by atoms with E-state index in [1.807, 2.05) is 13.8 Å². The standard InChI is InChI=1S/C20H24N2O4.C2H4O2.Mn/c1-3-25-17-9-5-7-15(19(17)23)13-21-11-12-22-14-16-8-6-10-18(20(16)24)26-4-2;1-2(3)4;/h5-10,13-14,21-22H,3-4,11-12H2,1-2H3;1H3,(H,3,4);/b15-13-,16-14-;;. The van der Waals surface area contributed by atoms with E-state index in [1.54, 1.807) is 48.9 Å². The molecule has 0 saturated carbocycles. The van der Waals surface area contributed by atoms with Gasteiger partial charge in [0.2, 0.25) is 11.6 Å². The average molecular weight is 471 g/mol. The van der Waals surface area contributed by atoms with Crippen LogP contribution in [0.15, 0.2) is 71.5 Å². The van der Waals surface area contributed by atoms with Crippen LogP contribution in [-0.2, 0) is 40.9 Å². The average Bonchev–Trinajstić information content (AvgIpc) is 2.69. The van der Waals surface area contributed by atoms with Gasteiger partial charge in [0.25, 0.3) is 5.97 Å². The zero-order valence-electron chi connectivity index (χ0n) is 17.8. The van der Waals surface area contributed by atoms with Gasteiger partial charge in [-0.25, -0.2) is 0 Å². The van der Waals surface area contributed by atoms with Crippen LogP contribution in [0.25, 0.3) is 0 Å². The number of hydrogen-bond acceptors (Lipinski definition) is 7. The summed E-state index contributed by atoms with van der Waals surface area (Å²) in [6, 6.07) is 0. The van der Waals surface area contributed by atoms with Crippen molar-refractivity contribution < 1.29 is 46.0 Å².